The molecule has 0 heterocycles. The minimum Gasteiger partial charge on any atom is -0.395 e. The van der Waals surface area contributed by atoms with Crippen molar-refractivity contribution < 1.29 is 14.7 Å². The summed E-state index contributed by atoms with van der Waals surface area (Å²) in [6.45, 7) is 1.37. The van der Waals surface area contributed by atoms with Crippen LogP contribution in [0, 0.1) is 5.41 Å². The van der Waals surface area contributed by atoms with Gasteiger partial charge in [0.2, 0.25) is 5.91 Å². The van der Waals surface area contributed by atoms with Gasteiger partial charge in [0.1, 0.15) is 0 Å². The number of rotatable bonds is 8. The highest BCUT2D eigenvalue weighted by atomic mass is 16.3. The number of hydrogen-bond donors (Lipinski definition) is 4. The first-order chi connectivity index (χ1) is 13.9. The van der Waals surface area contributed by atoms with E-state index in [-0.39, 0.29) is 36.2 Å². The second-order valence-electron chi connectivity index (χ2n) is 5.90. The Hall–Kier alpha value is -3.69. The predicted octanol–water partition coefficient (Wildman–Crippen LogP) is 2.00. The summed E-state index contributed by atoms with van der Waals surface area (Å²) in [7, 11) is 0. The van der Waals surface area contributed by atoms with Crippen LogP contribution < -0.4 is 16.2 Å². The zero-order chi connectivity index (χ0) is 21.2. The van der Waals surface area contributed by atoms with Gasteiger partial charge >= 0.3 is 0 Å². The first-order valence-corrected chi connectivity index (χ1v) is 8.74. The van der Waals surface area contributed by atoms with Crippen LogP contribution in [0.15, 0.2) is 76.7 Å². The Balaban J connectivity index is 2.15. The number of carbonyl (C=O) groups excluding carboxylic acids is 2. The topological polar surface area (TPSA) is 144 Å². The lowest BCUT2D eigenvalue weighted by molar-refractivity contribution is -0.116. The molecule has 0 aromatic heterocycles. The fourth-order valence-electron chi connectivity index (χ4n) is 2.24. The maximum Gasteiger partial charge on any atom is 0.295 e. The van der Waals surface area contributed by atoms with Crippen LogP contribution >= 0.6 is 0 Å². The van der Waals surface area contributed by atoms with Crippen molar-refractivity contribution in [3.8, 4) is 0 Å². The first-order valence-electron chi connectivity index (χ1n) is 8.74. The molecular formula is C20H22N6O3. The molecule has 0 aliphatic heterocycles. The number of benzene rings is 2. The van der Waals surface area contributed by atoms with Gasteiger partial charge < -0.3 is 15.8 Å². The van der Waals surface area contributed by atoms with Crippen molar-refractivity contribution in [2.24, 2.45) is 16.1 Å². The second kappa shape index (κ2) is 10.6. The Bertz CT molecular complexity index is 923. The number of azo groups is 1. The van der Waals surface area contributed by atoms with Gasteiger partial charge in [0, 0.05) is 25.1 Å². The number of anilines is 1. The molecule has 0 spiro atoms. The Morgan fingerprint density at radius 1 is 1.10 bits per heavy atom. The number of carbonyl (C=O) groups is 2. The van der Waals surface area contributed by atoms with Crippen molar-refractivity contribution in [2.75, 3.05) is 18.2 Å². The molecule has 0 unspecified atom stereocenters. The maximum absolute atomic E-state index is 12.3. The summed E-state index contributed by atoms with van der Waals surface area (Å²) < 4.78 is 0. The van der Waals surface area contributed by atoms with Gasteiger partial charge in [0.15, 0.2) is 5.82 Å². The number of aliphatic hydroxyl groups is 1. The number of hydrazine groups is 1. The molecule has 9 nitrogen and oxygen atoms in total. The van der Waals surface area contributed by atoms with E-state index in [1.807, 2.05) is 18.2 Å². The molecule has 0 aliphatic carbocycles. The predicted molar refractivity (Wildman–Crippen MR) is 109 cm³/mol. The van der Waals surface area contributed by atoms with Gasteiger partial charge in [-0.15, -0.1) is 10.2 Å². The smallest absolute Gasteiger partial charge is 0.295 e. The Labute approximate surface area is 168 Å². The van der Waals surface area contributed by atoms with E-state index in [4.69, 9.17) is 16.4 Å². The lowest BCUT2D eigenvalue weighted by Gasteiger charge is -2.13. The van der Waals surface area contributed by atoms with Gasteiger partial charge in [0.05, 0.1) is 18.0 Å². The summed E-state index contributed by atoms with van der Waals surface area (Å²) in [5, 5.41) is 28.5. The van der Waals surface area contributed by atoms with Gasteiger partial charge in [0.25, 0.3) is 5.91 Å². The number of amides is 2. The molecule has 0 aliphatic rings. The van der Waals surface area contributed by atoms with E-state index < -0.39 is 5.91 Å². The number of nitrogens with two attached hydrogens (primary N) is 1. The quantitative estimate of drug-likeness (QED) is 0.178. The Morgan fingerprint density at radius 2 is 1.76 bits per heavy atom. The van der Waals surface area contributed by atoms with Gasteiger partial charge in [-0.25, -0.2) is 10.9 Å². The van der Waals surface area contributed by atoms with Crippen LogP contribution in [0.3, 0.4) is 0 Å². The zero-order valence-electron chi connectivity index (χ0n) is 15.9. The number of nitrogens with zero attached hydrogens (tertiary/aromatic N) is 3. The summed E-state index contributed by atoms with van der Waals surface area (Å²) >= 11 is 0. The van der Waals surface area contributed by atoms with E-state index in [1.165, 1.54) is 37.3 Å². The minimum atomic E-state index is -0.606. The van der Waals surface area contributed by atoms with E-state index in [0.717, 1.165) is 5.01 Å². The standard InChI is InChI=1S/C20H22N6O3/c1-14(28)26(22)17-9-7-16(8-10-17)20(29)25-24-19(23-11-12-27)13-18(21)15-5-3-2-4-6-15/h2-10,13,21,23,27H,11-12,22H2,1H3/b19-13+,21-18?,25-24?. The summed E-state index contributed by atoms with van der Waals surface area (Å²) in [4.78, 5) is 23.5. The molecule has 0 saturated heterocycles. The molecule has 150 valence electrons. The highest BCUT2D eigenvalue weighted by molar-refractivity contribution is 6.06. The molecule has 0 fully saturated rings. The van der Waals surface area contributed by atoms with Gasteiger partial charge in [-0.3, -0.25) is 9.59 Å². The average molecular weight is 394 g/mol. The average Bonchev–Trinajstić information content (AvgIpc) is 2.75. The van der Waals surface area contributed by atoms with Crippen molar-refractivity contribution in [2.45, 2.75) is 6.92 Å². The fraction of sp³-hybridized carbons (Fsp3) is 0.150. The zero-order valence-corrected chi connectivity index (χ0v) is 15.9. The van der Waals surface area contributed by atoms with Crippen LogP contribution in [0.5, 0.6) is 0 Å². The second-order valence-corrected chi connectivity index (χ2v) is 5.90. The van der Waals surface area contributed by atoms with Crippen LogP contribution in [0.2, 0.25) is 0 Å². The van der Waals surface area contributed by atoms with Crippen LogP contribution in [0.4, 0.5) is 5.69 Å². The summed E-state index contributed by atoms with van der Waals surface area (Å²) in [5.41, 5.74) is 1.54. The fourth-order valence-corrected chi connectivity index (χ4v) is 2.24. The SMILES string of the molecule is CC(=O)N(N)c1ccc(C(=O)N=N/C(=C/C(=N)c2ccccc2)NCCO)cc1. The Morgan fingerprint density at radius 3 is 2.34 bits per heavy atom. The van der Waals surface area contributed by atoms with E-state index in [9.17, 15) is 9.59 Å². The summed E-state index contributed by atoms with van der Waals surface area (Å²) in [5.74, 6) is 4.83. The minimum absolute atomic E-state index is 0.146. The maximum atomic E-state index is 12.3. The van der Waals surface area contributed by atoms with E-state index >= 15 is 0 Å². The molecule has 2 rings (SSSR count). The molecule has 2 aromatic rings. The lowest BCUT2D eigenvalue weighted by atomic mass is 10.1. The third-order valence-electron chi connectivity index (χ3n) is 3.76. The number of nitrogens with one attached hydrogen (secondary N) is 2. The van der Waals surface area contributed by atoms with Gasteiger partial charge in [-0.2, -0.15) is 0 Å². The normalized spacial score (nSPS) is 11.3. The molecule has 0 saturated carbocycles. The van der Waals surface area contributed by atoms with E-state index in [2.05, 4.69) is 15.5 Å². The highest BCUT2D eigenvalue weighted by Gasteiger charge is 2.09. The molecule has 0 bridgehead atoms. The molecule has 29 heavy (non-hydrogen) atoms. The molecule has 0 radical (unpaired) electrons. The van der Waals surface area contributed by atoms with Crippen molar-refractivity contribution in [3.63, 3.8) is 0 Å². The largest absolute Gasteiger partial charge is 0.395 e. The molecular weight excluding hydrogens is 372 g/mol. The first kappa shape index (κ1) is 21.6. The van der Waals surface area contributed by atoms with Crippen molar-refractivity contribution in [1.82, 2.24) is 5.32 Å². The molecule has 5 N–H and O–H groups in total. The molecule has 2 amide bonds. The highest BCUT2D eigenvalue weighted by Crippen LogP contribution is 2.14. The van der Waals surface area contributed by atoms with Crippen LogP contribution in [0.1, 0.15) is 22.8 Å². The molecule has 9 heteroatoms. The number of allylic oxidation sites excluding steroid dienone is 1. The van der Waals surface area contributed by atoms with Gasteiger partial charge in [-0.05, 0) is 29.8 Å². The number of aliphatic hydroxyl groups excluding tert-OH is 1. The molecule has 0 atom stereocenters. The number of hydrogen-bond acceptors (Lipinski definition) is 7. The van der Waals surface area contributed by atoms with Crippen LogP contribution in [0.25, 0.3) is 0 Å². The van der Waals surface area contributed by atoms with E-state index in [1.54, 1.807) is 12.1 Å². The van der Waals surface area contributed by atoms with E-state index in [0.29, 0.717) is 11.3 Å². The van der Waals surface area contributed by atoms with Crippen molar-refractivity contribution in [3.05, 3.63) is 77.6 Å². The van der Waals surface area contributed by atoms with Crippen molar-refractivity contribution in [1.29, 1.82) is 5.41 Å². The summed E-state index contributed by atoms with van der Waals surface area (Å²) in [6, 6.07) is 15.0. The lowest BCUT2D eigenvalue weighted by Crippen LogP contribution is -2.35. The summed E-state index contributed by atoms with van der Waals surface area (Å²) in [6.07, 6.45) is 1.42. The third kappa shape index (κ3) is 6.45. The van der Waals surface area contributed by atoms with Gasteiger partial charge in [-0.1, -0.05) is 30.3 Å². The molecule has 2 aromatic carbocycles. The monoisotopic (exact) mass is 394 g/mol. The Kier molecular flexibility index (Phi) is 7.89. The van der Waals surface area contributed by atoms with Crippen molar-refractivity contribution >= 4 is 23.2 Å². The van der Waals surface area contributed by atoms with Crippen LogP contribution in [-0.4, -0.2) is 35.8 Å². The third-order valence-corrected chi connectivity index (χ3v) is 3.76. The van der Waals surface area contributed by atoms with Crippen LogP contribution in [-0.2, 0) is 4.79 Å².